The standard InChI is InChI=1S/C21H19NO/c23-21(19-13-5-9-15-7-1-3-11-17(15)19)22-20-14-6-10-16-8-2-4-12-18(16)20/h1,3,5-7,9-11,13-14H,2,4,8,12H2,(H,22,23). The molecule has 0 atom stereocenters. The summed E-state index contributed by atoms with van der Waals surface area (Å²) in [5, 5.41) is 5.23. The van der Waals surface area contributed by atoms with E-state index in [9.17, 15) is 4.79 Å². The van der Waals surface area contributed by atoms with Gasteiger partial charge < -0.3 is 5.32 Å². The maximum atomic E-state index is 12.8. The van der Waals surface area contributed by atoms with Crippen molar-refractivity contribution < 1.29 is 4.79 Å². The van der Waals surface area contributed by atoms with Gasteiger partial charge in [-0.25, -0.2) is 0 Å². The molecule has 2 nitrogen and oxygen atoms in total. The van der Waals surface area contributed by atoms with Crippen LogP contribution in [-0.2, 0) is 12.8 Å². The third kappa shape index (κ3) is 2.61. The summed E-state index contributed by atoms with van der Waals surface area (Å²) in [7, 11) is 0. The molecule has 4 rings (SSSR count). The summed E-state index contributed by atoms with van der Waals surface area (Å²) in [6, 6.07) is 20.1. The zero-order chi connectivity index (χ0) is 15.6. The zero-order valence-electron chi connectivity index (χ0n) is 13.0. The molecule has 1 aliphatic rings. The van der Waals surface area contributed by atoms with Gasteiger partial charge in [-0.2, -0.15) is 0 Å². The van der Waals surface area contributed by atoms with Crippen molar-refractivity contribution >= 4 is 22.4 Å². The fourth-order valence-electron chi connectivity index (χ4n) is 3.51. The van der Waals surface area contributed by atoms with Crippen LogP contribution in [-0.4, -0.2) is 5.91 Å². The molecule has 2 heteroatoms. The lowest BCUT2D eigenvalue weighted by molar-refractivity contribution is 0.102. The summed E-state index contributed by atoms with van der Waals surface area (Å²) in [6.07, 6.45) is 4.62. The van der Waals surface area contributed by atoms with Crippen LogP contribution in [0.5, 0.6) is 0 Å². The average Bonchev–Trinajstić information content (AvgIpc) is 2.61. The summed E-state index contributed by atoms with van der Waals surface area (Å²) in [5.41, 5.74) is 4.40. The van der Waals surface area contributed by atoms with Crippen molar-refractivity contribution in [2.45, 2.75) is 25.7 Å². The summed E-state index contributed by atoms with van der Waals surface area (Å²) < 4.78 is 0. The Kier molecular flexibility index (Phi) is 3.58. The number of rotatable bonds is 2. The highest BCUT2D eigenvalue weighted by atomic mass is 16.1. The molecule has 1 aliphatic carbocycles. The van der Waals surface area contributed by atoms with Gasteiger partial charge in [-0.15, -0.1) is 0 Å². The van der Waals surface area contributed by atoms with Crippen molar-refractivity contribution in [1.82, 2.24) is 0 Å². The molecule has 1 N–H and O–H groups in total. The monoisotopic (exact) mass is 301 g/mol. The van der Waals surface area contributed by atoms with E-state index >= 15 is 0 Å². The van der Waals surface area contributed by atoms with Crippen molar-refractivity contribution in [3.8, 4) is 0 Å². The first-order valence-electron chi connectivity index (χ1n) is 8.23. The molecule has 0 heterocycles. The topological polar surface area (TPSA) is 29.1 Å². The molecule has 0 aromatic heterocycles. The maximum absolute atomic E-state index is 12.8. The van der Waals surface area contributed by atoms with Crippen molar-refractivity contribution in [2.24, 2.45) is 0 Å². The summed E-state index contributed by atoms with van der Waals surface area (Å²) in [6.45, 7) is 0. The van der Waals surface area contributed by atoms with Crippen LogP contribution in [0.15, 0.2) is 60.7 Å². The maximum Gasteiger partial charge on any atom is 0.256 e. The Morgan fingerprint density at radius 3 is 2.57 bits per heavy atom. The number of benzene rings is 3. The molecule has 1 amide bonds. The lowest BCUT2D eigenvalue weighted by Crippen LogP contribution is -2.15. The molecule has 0 fully saturated rings. The second-order valence-corrected chi connectivity index (χ2v) is 6.13. The Labute approximate surface area is 136 Å². The van der Waals surface area contributed by atoms with E-state index in [4.69, 9.17) is 0 Å². The number of amides is 1. The van der Waals surface area contributed by atoms with Gasteiger partial charge in [0.25, 0.3) is 5.91 Å². The van der Waals surface area contributed by atoms with E-state index < -0.39 is 0 Å². The largest absolute Gasteiger partial charge is 0.322 e. The molecule has 23 heavy (non-hydrogen) atoms. The van der Waals surface area contributed by atoms with Crippen LogP contribution in [0.3, 0.4) is 0 Å². The van der Waals surface area contributed by atoms with Crippen molar-refractivity contribution in [3.63, 3.8) is 0 Å². The lowest BCUT2D eigenvalue weighted by Gasteiger charge is -2.19. The number of carbonyl (C=O) groups is 1. The van der Waals surface area contributed by atoms with Gasteiger partial charge in [0.1, 0.15) is 0 Å². The highest BCUT2D eigenvalue weighted by molar-refractivity contribution is 6.13. The molecule has 0 radical (unpaired) electrons. The van der Waals surface area contributed by atoms with Gasteiger partial charge >= 0.3 is 0 Å². The minimum atomic E-state index is -0.0271. The molecule has 0 saturated heterocycles. The molecule has 3 aromatic carbocycles. The smallest absolute Gasteiger partial charge is 0.256 e. The third-order valence-corrected chi connectivity index (χ3v) is 4.68. The molecule has 0 unspecified atom stereocenters. The van der Waals surface area contributed by atoms with Gasteiger partial charge in [-0.05, 0) is 59.7 Å². The first-order valence-corrected chi connectivity index (χ1v) is 8.23. The number of nitrogens with one attached hydrogen (secondary N) is 1. The molecular formula is C21H19NO. The average molecular weight is 301 g/mol. The number of carbonyl (C=O) groups excluding carboxylic acids is 1. The third-order valence-electron chi connectivity index (χ3n) is 4.68. The Morgan fingerprint density at radius 2 is 1.61 bits per heavy atom. The van der Waals surface area contributed by atoms with Gasteiger partial charge in [0.15, 0.2) is 0 Å². The van der Waals surface area contributed by atoms with Crippen LogP contribution in [0, 0.1) is 0 Å². The second-order valence-electron chi connectivity index (χ2n) is 6.13. The van der Waals surface area contributed by atoms with Crippen LogP contribution in [0.2, 0.25) is 0 Å². The lowest BCUT2D eigenvalue weighted by atomic mass is 9.90. The number of hydrogen-bond acceptors (Lipinski definition) is 1. The van der Waals surface area contributed by atoms with Crippen LogP contribution < -0.4 is 5.32 Å². The first-order chi connectivity index (χ1) is 11.3. The Hall–Kier alpha value is -2.61. The normalized spacial score (nSPS) is 13.6. The van der Waals surface area contributed by atoms with E-state index in [1.165, 1.54) is 24.0 Å². The van der Waals surface area contributed by atoms with E-state index in [1.807, 2.05) is 54.6 Å². The number of aryl methyl sites for hydroxylation is 1. The molecule has 0 saturated carbocycles. The molecule has 0 bridgehead atoms. The number of fused-ring (bicyclic) bond motifs is 2. The van der Waals surface area contributed by atoms with Gasteiger partial charge in [-0.3, -0.25) is 4.79 Å². The second kappa shape index (κ2) is 5.88. The molecular weight excluding hydrogens is 282 g/mol. The Morgan fingerprint density at radius 1 is 0.826 bits per heavy atom. The van der Waals surface area contributed by atoms with E-state index in [-0.39, 0.29) is 5.91 Å². The molecule has 114 valence electrons. The van der Waals surface area contributed by atoms with E-state index in [0.717, 1.165) is 34.9 Å². The predicted molar refractivity (Wildman–Crippen MR) is 95.0 cm³/mol. The van der Waals surface area contributed by atoms with Gasteiger partial charge in [0.05, 0.1) is 0 Å². The molecule has 0 spiro atoms. The highest BCUT2D eigenvalue weighted by Gasteiger charge is 2.16. The van der Waals surface area contributed by atoms with Crippen LogP contribution in [0.4, 0.5) is 5.69 Å². The fourth-order valence-corrected chi connectivity index (χ4v) is 3.51. The van der Waals surface area contributed by atoms with Crippen LogP contribution in [0.25, 0.3) is 10.8 Å². The van der Waals surface area contributed by atoms with Gasteiger partial charge in [0, 0.05) is 11.3 Å². The van der Waals surface area contributed by atoms with Gasteiger partial charge in [-0.1, -0.05) is 48.5 Å². The van der Waals surface area contributed by atoms with Crippen molar-refractivity contribution in [1.29, 1.82) is 0 Å². The molecule has 0 aliphatic heterocycles. The SMILES string of the molecule is O=C(Nc1cccc2c1CCCC2)c1cccc2ccccc12. The zero-order valence-corrected chi connectivity index (χ0v) is 13.0. The van der Waals surface area contributed by atoms with Crippen molar-refractivity contribution in [3.05, 3.63) is 77.4 Å². The Balaban J connectivity index is 1.71. The first kappa shape index (κ1) is 14.0. The van der Waals surface area contributed by atoms with E-state index in [0.29, 0.717) is 0 Å². The number of anilines is 1. The molecule has 3 aromatic rings. The van der Waals surface area contributed by atoms with Crippen LogP contribution >= 0.6 is 0 Å². The summed E-state index contributed by atoms with van der Waals surface area (Å²) in [5.74, 6) is -0.0271. The minimum absolute atomic E-state index is 0.0271. The summed E-state index contributed by atoms with van der Waals surface area (Å²) >= 11 is 0. The van der Waals surface area contributed by atoms with Crippen LogP contribution in [0.1, 0.15) is 34.3 Å². The number of hydrogen-bond donors (Lipinski definition) is 1. The fraction of sp³-hybridized carbons (Fsp3) is 0.190. The Bertz CT molecular complexity index is 877. The highest BCUT2D eigenvalue weighted by Crippen LogP contribution is 2.28. The predicted octanol–water partition coefficient (Wildman–Crippen LogP) is 4.97. The van der Waals surface area contributed by atoms with E-state index in [1.54, 1.807) is 0 Å². The van der Waals surface area contributed by atoms with Crippen molar-refractivity contribution in [2.75, 3.05) is 5.32 Å². The minimum Gasteiger partial charge on any atom is -0.322 e. The van der Waals surface area contributed by atoms with Gasteiger partial charge in [0.2, 0.25) is 0 Å². The van der Waals surface area contributed by atoms with E-state index in [2.05, 4.69) is 11.4 Å². The summed E-state index contributed by atoms with van der Waals surface area (Å²) in [4.78, 5) is 12.8. The quantitative estimate of drug-likeness (QED) is 0.711.